The molecule has 0 aliphatic heterocycles. The summed E-state index contributed by atoms with van der Waals surface area (Å²) >= 11 is 0. The highest BCUT2D eigenvalue weighted by Crippen LogP contribution is 2.28. The first-order valence-corrected chi connectivity index (χ1v) is 5.54. The molecule has 0 unspecified atom stereocenters. The average molecular weight is 290 g/mol. The van der Waals surface area contributed by atoms with E-state index < -0.39 is 29.4 Å². The van der Waals surface area contributed by atoms with Gasteiger partial charge in [0.1, 0.15) is 0 Å². The SMILES string of the molecule is Cn1c(=O)n(C)c2cc(C(=O)C(F)(F)C(F)F)ccc21. The second kappa shape index (κ2) is 4.46. The zero-order valence-electron chi connectivity index (χ0n) is 10.5. The third-order valence-electron chi connectivity index (χ3n) is 3.11. The fourth-order valence-corrected chi connectivity index (χ4v) is 1.94. The number of aryl methyl sites for hydroxylation is 2. The van der Waals surface area contributed by atoms with E-state index in [0.717, 1.165) is 16.7 Å². The third kappa shape index (κ3) is 1.91. The Morgan fingerprint density at radius 3 is 2.25 bits per heavy atom. The number of Topliss-reactive ketones (excluding diaryl/α,β-unsaturated/α-hetero) is 1. The van der Waals surface area contributed by atoms with Gasteiger partial charge in [0, 0.05) is 19.7 Å². The largest absolute Gasteiger partial charge is 0.368 e. The van der Waals surface area contributed by atoms with Crippen LogP contribution in [0.15, 0.2) is 23.0 Å². The van der Waals surface area contributed by atoms with Crippen molar-refractivity contribution in [3.05, 3.63) is 34.2 Å². The fraction of sp³-hybridized carbons (Fsp3) is 0.333. The fourth-order valence-electron chi connectivity index (χ4n) is 1.94. The minimum absolute atomic E-state index is 0.216. The Balaban J connectivity index is 2.61. The van der Waals surface area contributed by atoms with Crippen LogP contribution in [0.3, 0.4) is 0 Å². The minimum Gasteiger partial charge on any atom is -0.295 e. The van der Waals surface area contributed by atoms with Crippen LogP contribution in [-0.2, 0) is 14.1 Å². The Hall–Kier alpha value is -2.12. The molecule has 0 saturated carbocycles. The highest BCUT2D eigenvalue weighted by Gasteiger charge is 2.49. The zero-order valence-corrected chi connectivity index (χ0v) is 10.5. The minimum atomic E-state index is -4.75. The lowest BCUT2D eigenvalue weighted by Crippen LogP contribution is -2.36. The van der Waals surface area contributed by atoms with Crippen molar-refractivity contribution in [2.75, 3.05) is 0 Å². The zero-order chi connectivity index (χ0) is 15.2. The number of ketones is 1. The first-order valence-electron chi connectivity index (χ1n) is 5.54. The Kier molecular flexibility index (Phi) is 3.19. The van der Waals surface area contributed by atoms with Gasteiger partial charge in [-0.3, -0.25) is 13.9 Å². The predicted molar refractivity (Wildman–Crippen MR) is 63.4 cm³/mol. The molecular weight excluding hydrogens is 280 g/mol. The molecule has 0 spiro atoms. The Morgan fingerprint density at radius 1 is 1.15 bits per heavy atom. The van der Waals surface area contributed by atoms with Gasteiger partial charge in [0.05, 0.1) is 11.0 Å². The molecule has 0 fully saturated rings. The molecule has 108 valence electrons. The summed E-state index contributed by atoms with van der Waals surface area (Å²) in [7, 11) is 2.87. The smallest absolute Gasteiger partial charge is 0.295 e. The van der Waals surface area contributed by atoms with Crippen molar-refractivity contribution < 1.29 is 22.4 Å². The molecule has 0 bridgehead atoms. The number of carbonyl (C=O) groups excluding carboxylic acids is 1. The first-order chi connectivity index (χ1) is 9.17. The summed E-state index contributed by atoms with van der Waals surface area (Å²) in [5.41, 5.74) is -0.350. The molecule has 0 atom stereocenters. The summed E-state index contributed by atoms with van der Waals surface area (Å²) < 4.78 is 52.8. The number of carbonyl (C=O) groups is 1. The lowest BCUT2D eigenvalue weighted by atomic mass is 10.0. The number of halogens is 4. The van der Waals surface area contributed by atoms with Gasteiger partial charge in [-0.1, -0.05) is 0 Å². The lowest BCUT2D eigenvalue weighted by Gasteiger charge is -2.13. The van der Waals surface area contributed by atoms with E-state index in [9.17, 15) is 27.2 Å². The highest BCUT2D eigenvalue weighted by atomic mass is 19.3. The summed E-state index contributed by atoms with van der Waals surface area (Å²) in [5.74, 6) is -6.72. The molecule has 0 aliphatic rings. The van der Waals surface area contributed by atoms with Crippen LogP contribution in [0.5, 0.6) is 0 Å². The summed E-state index contributed by atoms with van der Waals surface area (Å²) in [5, 5.41) is 0. The Bertz CT molecular complexity index is 746. The van der Waals surface area contributed by atoms with Gasteiger partial charge in [0.15, 0.2) is 0 Å². The predicted octanol–water partition coefficient (Wildman–Crippen LogP) is 1.96. The van der Waals surface area contributed by atoms with Crippen molar-refractivity contribution in [3.63, 3.8) is 0 Å². The third-order valence-corrected chi connectivity index (χ3v) is 3.11. The molecule has 0 amide bonds. The average Bonchev–Trinajstić information content (AvgIpc) is 2.62. The first kappa shape index (κ1) is 14.3. The number of fused-ring (bicyclic) bond motifs is 1. The number of alkyl halides is 4. The van der Waals surface area contributed by atoms with Crippen LogP contribution in [0.1, 0.15) is 10.4 Å². The van der Waals surface area contributed by atoms with Gasteiger partial charge in [-0.05, 0) is 18.2 Å². The molecule has 20 heavy (non-hydrogen) atoms. The maximum Gasteiger partial charge on any atom is 0.368 e. The molecule has 2 rings (SSSR count). The molecule has 0 radical (unpaired) electrons. The van der Waals surface area contributed by atoms with E-state index in [4.69, 9.17) is 0 Å². The Labute approximate surface area is 110 Å². The van der Waals surface area contributed by atoms with Gasteiger partial charge < -0.3 is 0 Å². The maximum absolute atomic E-state index is 13.0. The van der Waals surface area contributed by atoms with Gasteiger partial charge in [-0.25, -0.2) is 13.6 Å². The monoisotopic (exact) mass is 290 g/mol. The summed E-state index contributed by atoms with van der Waals surface area (Å²) in [4.78, 5) is 23.1. The Morgan fingerprint density at radius 2 is 1.70 bits per heavy atom. The standard InChI is InChI=1S/C12H10F4N2O2/c1-17-7-4-3-6(5-8(7)18(2)11(17)20)9(19)12(15,16)10(13)14/h3-5,10H,1-2H3. The number of aromatic nitrogens is 2. The molecule has 2 aromatic rings. The van der Waals surface area contributed by atoms with Crippen LogP contribution >= 0.6 is 0 Å². The molecular formula is C12H10F4N2O2. The molecule has 0 saturated heterocycles. The van der Waals surface area contributed by atoms with Gasteiger partial charge in [0.25, 0.3) is 0 Å². The van der Waals surface area contributed by atoms with Gasteiger partial charge in [-0.2, -0.15) is 8.78 Å². The summed E-state index contributed by atoms with van der Waals surface area (Å²) in [6, 6.07) is 3.28. The molecule has 4 nitrogen and oxygen atoms in total. The number of hydrogen-bond donors (Lipinski definition) is 0. The van der Waals surface area contributed by atoms with E-state index in [1.807, 2.05) is 0 Å². The van der Waals surface area contributed by atoms with Crippen LogP contribution in [0.2, 0.25) is 0 Å². The maximum atomic E-state index is 13.0. The van der Waals surface area contributed by atoms with Crippen LogP contribution in [0, 0.1) is 0 Å². The molecule has 0 N–H and O–H groups in total. The van der Waals surface area contributed by atoms with Gasteiger partial charge >= 0.3 is 18.0 Å². The van der Waals surface area contributed by atoms with E-state index >= 15 is 0 Å². The number of nitrogens with zero attached hydrogens (tertiary/aromatic N) is 2. The number of hydrogen-bond acceptors (Lipinski definition) is 2. The molecule has 1 aromatic carbocycles. The molecule has 1 heterocycles. The van der Waals surface area contributed by atoms with Crippen LogP contribution in [0.25, 0.3) is 11.0 Å². The van der Waals surface area contributed by atoms with E-state index in [0.29, 0.717) is 5.52 Å². The summed E-state index contributed by atoms with van der Waals surface area (Å²) in [6.07, 6.45) is -4.08. The van der Waals surface area contributed by atoms with Gasteiger partial charge in [0.2, 0.25) is 5.78 Å². The number of benzene rings is 1. The van der Waals surface area contributed by atoms with Gasteiger partial charge in [-0.15, -0.1) is 0 Å². The van der Waals surface area contributed by atoms with Crippen LogP contribution in [-0.4, -0.2) is 27.3 Å². The van der Waals surface area contributed by atoms with E-state index in [1.165, 1.54) is 24.7 Å². The summed E-state index contributed by atoms with van der Waals surface area (Å²) in [6.45, 7) is 0. The van der Waals surface area contributed by atoms with E-state index in [2.05, 4.69) is 0 Å². The van der Waals surface area contributed by atoms with Crippen molar-refractivity contribution in [2.24, 2.45) is 14.1 Å². The quantitative estimate of drug-likeness (QED) is 0.640. The highest BCUT2D eigenvalue weighted by molar-refractivity contribution is 6.03. The van der Waals surface area contributed by atoms with E-state index in [1.54, 1.807) is 0 Å². The second-order valence-corrected chi connectivity index (χ2v) is 4.36. The second-order valence-electron chi connectivity index (χ2n) is 4.36. The number of rotatable bonds is 3. The van der Waals surface area contributed by atoms with Crippen molar-refractivity contribution in [2.45, 2.75) is 12.3 Å². The topological polar surface area (TPSA) is 44.0 Å². The molecule has 8 heteroatoms. The molecule has 0 aliphatic carbocycles. The normalized spacial score (nSPS) is 12.3. The molecule has 1 aromatic heterocycles. The number of imidazole rings is 1. The lowest BCUT2D eigenvalue weighted by molar-refractivity contribution is -0.0958. The van der Waals surface area contributed by atoms with E-state index in [-0.39, 0.29) is 5.52 Å². The van der Waals surface area contributed by atoms with Crippen molar-refractivity contribution in [3.8, 4) is 0 Å². The van der Waals surface area contributed by atoms with Crippen molar-refractivity contribution >= 4 is 16.8 Å². The van der Waals surface area contributed by atoms with Crippen LogP contribution < -0.4 is 5.69 Å². The van der Waals surface area contributed by atoms with Crippen LogP contribution in [0.4, 0.5) is 17.6 Å². The van der Waals surface area contributed by atoms with Crippen molar-refractivity contribution in [1.82, 2.24) is 9.13 Å². The van der Waals surface area contributed by atoms with Crippen molar-refractivity contribution in [1.29, 1.82) is 0 Å².